The number of hydrogen-bond donors (Lipinski definition) is 2. The Morgan fingerprint density at radius 3 is 2.79 bits per heavy atom. The third-order valence-electron chi connectivity index (χ3n) is 6.57. The van der Waals surface area contributed by atoms with Gasteiger partial charge in [0.25, 0.3) is 0 Å². The average Bonchev–Trinajstić information content (AvgIpc) is 3.14. The minimum absolute atomic E-state index is 0.113. The summed E-state index contributed by atoms with van der Waals surface area (Å²) in [4.78, 5) is 28.9. The molecule has 28 heavy (non-hydrogen) atoms. The van der Waals surface area contributed by atoms with Crippen LogP contribution < -0.4 is 10.9 Å². The Bertz CT molecular complexity index is 680. The van der Waals surface area contributed by atoms with Crippen molar-refractivity contribution in [1.82, 2.24) is 20.7 Å². The first-order valence-electron chi connectivity index (χ1n) is 10.8. The number of nitrogens with zero attached hydrogens (tertiary/aromatic N) is 2. The van der Waals surface area contributed by atoms with E-state index in [0.29, 0.717) is 24.3 Å². The fraction of sp³-hybridized carbons (Fsp3) is 0.636. The molecule has 2 N–H and O–H groups in total. The predicted molar refractivity (Wildman–Crippen MR) is 108 cm³/mol. The summed E-state index contributed by atoms with van der Waals surface area (Å²) in [5.41, 5.74) is 8.16. The van der Waals surface area contributed by atoms with Gasteiger partial charge in [-0.25, -0.2) is 0 Å². The third kappa shape index (κ3) is 4.39. The molecular formula is C22H32N4O2. The Balaban J connectivity index is 1.38. The van der Waals surface area contributed by atoms with Gasteiger partial charge in [-0.2, -0.15) is 0 Å². The molecule has 152 valence electrons. The van der Waals surface area contributed by atoms with Gasteiger partial charge in [-0.05, 0) is 37.2 Å². The number of carbonyl (C=O) groups excluding carboxylic acids is 2. The van der Waals surface area contributed by atoms with Crippen LogP contribution in [-0.2, 0) is 9.59 Å². The molecule has 0 aromatic heterocycles. The van der Waals surface area contributed by atoms with Crippen molar-refractivity contribution in [2.45, 2.75) is 50.5 Å². The summed E-state index contributed by atoms with van der Waals surface area (Å²) in [7, 11) is 0. The second-order valence-corrected chi connectivity index (χ2v) is 8.44. The molecule has 0 radical (unpaired) electrons. The van der Waals surface area contributed by atoms with Gasteiger partial charge in [0.05, 0.1) is 6.54 Å². The lowest BCUT2D eigenvalue weighted by atomic mass is 9.81. The molecule has 3 unspecified atom stereocenters. The molecule has 3 heterocycles. The first kappa shape index (κ1) is 19.4. The summed E-state index contributed by atoms with van der Waals surface area (Å²) in [6.45, 7) is 3.49. The van der Waals surface area contributed by atoms with Crippen molar-refractivity contribution < 1.29 is 9.59 Å². The number of benzene rings is 1. The van der Waals surface area contributed by atoms with Crippen molar-refractivity contribution in [3.8, 4) is 0 Å². The normalized spacial score (nSPS) is 29.0. The SMILES string of the molecule is O=C1CCCCCN1CC(=O)N1CCCC(C2NNCC2c2ccccc2)C1. The van der Waals surface area contributed by atoms with Crippen LogP contribution in [0.2, 0.25) is 0 Å². The van der Waals surface area contributed by atoms with Gasteiger partial charge in [0, 0.05) is 44.6 Å². The summed E-state index contributed by atoms with van der Waals surface area (Å²) in [5, 5.41) is 0. The van der Waals surface area contributed by atoms with Gasteiger partial charge in [0.2, 0.25) is 11.8 Å². The molecule has 0 saturated carbocycles. The summed E-state index contributed by atoms with van der Waals surface area (Å²) >= 11 is 0. The zero-order valence-electron chi connectivity index (χ0n) is 16.6. The lowest BCUT2D eigenvalue weighted by Gasteiger charge is -2.38. The van der Waals surface area contributed by atoms with Crippen LogP contribution in [0, 0.1) is 5.92 Å². The van der Waals surface area contributed by atoms with Crippen molar-refractivity contribution in [1.29, 1.82) is 0 Å². The Hall–Kier alpha value is -1.92. The lowest BCUT2D eigenvalue weighted by Crippen LogP contribution is -2.50. The van der Waals surface area contributed by atoms with Crippen LogP contribution >= 0.6 is 0 Å². The van der Waals surface area contributed by atoms with Crippen molar-refractivity contribution in [2.24, 2.45) is 5.92 Å². The van der Waals surface area contributed by atoms with Gasteiger partial charge in [-0.1, -0.05) is 36.8 Å². The first-order chi connectivity index (χ1) is 13.7. The van der Waals surface area contributed by atoms with Gasteiger partial charge >= 0.3 is 0 Å². The summed E-state index contributed by atoms with van der Waals surface area (Å²) in [6.07, 6.45) is 5.81. The van der Waals surface area contributed by atoms with Crippen LogP contribution in [0.4, 0.5) is 0 Å². The van der Waals surface area contributed by atoms with Gasteiger partial charge in [-0.3, -0.25) is 20.4 Å². The first-order valence-corrected chi connectivity index (χ1v) is 10.8. The van der Waals surface area contributed by atoms with Crippen molar-refractivity contribution >= 4 is 11.8 Å². The summed E-state index contributed by atoms with van der Waals surface area (Å²) in [6, 6.07) is 11.0. The van der Waals surface area contributed by atoms with Crippen molar-refractivity contribution in [3.63, 3.8) is 0 Å². The molecule has 4 rings (SSSR count). The molecule has 0 aliphatic carbocycles. The molecule has 0 spiro atoms. The molecule has 1 aromatic carbocycles. The average molecular weight is 385 g/mol. The molecular weight excluding hydrogens is 352 g/mol. The number of likely N-dealkylation sites (tertiary alicyclic amines) is 2. The number of hydrazine groups is 1. The van der Waals surface area contributed by atoms with E-state index in [1.807, 2.05) is 4.90 Å². The number of hydrogen-bond acceptors (Lipinski definition) is 4. The van der Waals surface area contributed by atoms with E-state index >= 15 is 0 Å². The molecule has 2 amide bonds. The van der Waals surface area contributed by atoms with Gasteiger partial charge in [-0.15, -0.1) is 0 Å². The van der Waals surface area contributed by atoms with E-state index < -0.39 is 0 Å². The summed E-state index contributed by atoms with van der Waals surface area (Å²) in [5.74, 6) is 1.11. The second-order valence-electron chi connectivity index (χ2n) is 8.44. The number of piperidine rings is 1. The van der Waals surface area contributed by atoms with Crippen LogP contribution in [0.25, 0.3) is 0 Å². The molecule has 0 bridgehead atoms. The largest absolute Gasteiger partial charge is 0.341 e. The number of rotatable bonds is 4. The Kier molecular flexibility index (Phi) is 6.27. The highest BCUT2D eigenvalue weighted by molar-refractivity contribution is 5.85. The highest BCUT2D eigenvalue weighted by Gasteiger charge is 2.37. The van der Waals surface area contributed by atoms with E-state index in [-0.39, 0.29) is 18.4 Å². The maximum Gasteiger partial charge on any atom is 0.242 e. The monoisotopic (exact) mass is 384 g/mol. The number of nitrogens with one attached hydrogen (secondary N) is 2. The van der Waals surface area contributed by atoms with E-state index in [1.54, 1.807) is 4.90 Å². The smallest absolute Gasteiger partial charge is 0.242 e. The van der Waals surface area contributed by atoms with E-state index in [1.165, 1.54) is 5.56 Å². The van der Waals surface area contributed by atoms with Crippen LogP contribution in [0.1, 0.15) is 50.0 Å². The van der Waals surface area contributed by atoms with Crippen molar-refractivity contribution in [3.05, 3.63) is 35.9 Å². The fourth-order valence-electron chi connectivity index (χ4n) is 4.98. The van der Waals surface area contributed by atoms with Crippen LogP contribution in [0.5, 0.6) is 0 Å². The molecule has 6 nitrogen and oxygen atoms in total. The minimum Gasteiger partial charge on any atom is -0.341 e. The van der Waals surface area contributed by atoms with E-state index in [4.69, 9.17) is 0 Å². The second kappa shape index (κ2) is 9.05. The standard InChI is InChI=1S/C22H32N4O2/c27-20-11-5-2-6-12-26(20)16-21(28)25-13-7-10-18(15-25)22-19(14-23-24-22)17-8-3-1-4-9-17/h1,3-4,8-9,18-19,22-24H,2,5-7,10-16H2. The minimum atomic E-state index is 0.113. The topological polar surface area (TPSA) is 64.7 Å². The molecule has 1 aromatic rings. The summed E-state index contributed by atoms with van der Waals surface area (Å²) < 4.78 is 0. The predicted octanol–water partition coefficient (Wildman–Crippen LogP) is 1.89. The quantitative estimate of drug-likeness (QED) is 0.832. The number of amides is 2. The number of carbonyl (C=O) groups is 2. The molecule has 3 atom stereocenters. The Morgan fingerprint density at radius 1 is 1.07 bits per heavy atom. The van der Waals surface area contributed by atoms with E-state index in [2.05, 4.69) is 41.2 Å². The Labute approximate surface area is 167 Å². The molecule has 3 saturated heterocycles. The van der Waals surface area contributed by atoms with Crippen molar-refractivity contribution in [2.75, 3.05) is 32.7 Å². The van der Waals surface area contributed by atoms with Gasteiger partial charge in [0.15, 0.2) is 0 Å². The Morgan fingerprint density at radius 2 is 1.93 bits per heavy atom. The third-order valence-corrected chi connectivity index (χ3v) is 6.57. The van der Waals surface area contributed by atoms with E-state index in [0.717, 1.165) is 58.3 Å². The maximum atomic E-state index is 12.9. The highest BCUT2D eigenvalue weighted by Crippen LogP contribution is 2.31. The zero-order chi connectivity index (χ0) is 19.3. The molecule has 3 aliphatic rings. The van der Waals surface area contributed by atoms with E-state index in [9.17, 15) is 9.59 Å². The lowest BCUT2D eigenvalue weighted by molar-refractivity contribution is -0.141. The highest BCUT2D eigenvalue weighted by atomic mass is 16.2. The van der Waals surface area contributed by atoms with Crippen LogP contribution in [0.15, 0.2) is 30.3 Å². The van der Waals surface area contributed by atoms with Gasteiger partial charge < -0.3 is 9.80 Å². The fourth-order valence-corrected chi connectivity index (χ4v) is 4.98. The van der Waals surface area contributed by atoms with Crippen LogP contribution in [-0.4, -0.2) is 60.4 Å². The molecule has 3 aliphatic heterocycles. The van der Waals surface area contributed by atoms with Crippen LogP contribution in [0.3, 0.4) is 0 Å². The van der Waals surface area contributed by atoms with Gasteiger partial charge in [0.1, 0.15) is 0 Å². The zero-order valence-corrected chi connectivity index (χ0v) is 16.6. The molecule has 6 heteroatoms. The molecule has 3 fully saturated rings. The maximum absolute atomic E-state index is 12.9.